The number of esters is 2. The summed E-state index contributed by atoms with van der Waals surface area (Å²) in [7, 11) is 3.47. The van der Waals surface area contributed by atoms with Crippen LogP contribution in [0.2, 0.25) is 0 Å². The lowest BCUT2D eigenvalue weighted by Crippen LogP contribution is -2.74. The fourth-order valence-corrected chi connectivity index (χ4v) is 6.97. The van der Waals surface area contributed by atoms with Gasteiger partial charge in [-0.25, -0.2) is 9.59 Å². The number of aliphatic hydroxyl groups excluding tert-OH is 1. The Bertz CT molecular complexity index is 1440. The number of likely N-dealkylation sites (N-methyl/N-ethyl adjacent to an activating group) is 1. The first kappa shape index (κ1) is 31.2. The number of hydrogen-bond donors (Lipinski definition) is 5. The monoisotopic (exact) mass is 618 g/mol. The lowest BCUT2D eigenvalue weighted by molar-refractivity contribution is -0.172. The normalized spacial score (nSPS) is 28.2. The standard InChI is InChI=1S/C29H34N2O13/c1-13(25(36)30-15(26(37)38)11-20(33)34)42-27(39)16(32)12-21(35)43-18-6-7-29(40)19-10-14-4-5-17(41-3)23-22(14)28(29,24(18)44-23)8-9-31(19)2/h4-6,13,15-16,19,24,32,40H,7-12H2,1-3H3,(H,30,36)(H,33,34)(H,37,38)/t13?,15?,16?,19-,24+,28+,29-/m1/s1. The van der Waals surface area contributed by atoms with Crippen LogP contribution in [-0.2, 0) is 45.3 Å². The van der Waals surface area contributed by atoms with Gasteiger partial charge in [0.2, 0.25) is 0 Å². The number of rotatable bonds is 11. The number of amides is 1. The van der Waals surface area contributed by atoms with Gasteiger partial charge in [0.15, 0.2) is 29.8 Å². The highest BCUT2D eigenvalue weighted by Gasteiger charge is 2.72. The number of aliphatic carboxylic acids is 2. The topological polar surface area (TPSA) is 218 Å². The lowest BCUT2D eigenvalue weighted by Gasteiger charge is -2.61. The van der Waals surface area contributed by atoms with Crippen LogP contribution in [0.25, 0.3) is 0 Å². The average Bonchev–Trinajstić information content (AvgIpc) is 3.31. The summed E-state index contributed by atoms with van der Waals surface area (Å²) in [6, 6.07) is 1.77. The van der Waals surface area contributed by atoms with E-state index in [1.54, 1.807) is 12.1 Å². The predicted molar refractivity (Wildman–Crippen MR) is 146 cm³/mol. The van der Waals surface area contributed by atoms with E-state index in [-0.39, 0.29) is 18.2 Å². The van der Waals surface area contributed by atoms with Gasteiger partial charge in [-0.15, -0.1) is 0 Å². The molecule has 1 aromatic rings. The van der Waals surface area contributed by atoms with Crippen LogP contribution in [0.15, 0.2) is 24.0 Å². The van der Waals surface area contributed by atoms with Gasteiger partial charge >= 0.3 is 23.9 Å². The van der Waals surface area contributed by atoms with E-state index >= 15 is 0 Å². The number of carbonyl (C=O) groups is 5. The van der Waals surface area contributed by atoms with Crippen LogP contribution in [0.1, 0.15) is 43.7 Å². The molecule has 0 aromatic heterocycles. The molecule has 0 radical (unpaired) electrons. The van der Waals surface area contributed by atoms with E-state index in [9.17, 15) is 34.2 Å². The highest BCUT2D eigenvalue weighted by atomic mass is 16.6. The number of ether oxygens (including phenoxy) is 4. The molecule has 15 heteroatoms. The second kappa shape index (κ2) is 11.4. The van der Waals surface area contributed by atoms with Gasteiger partial charge in [-0.1, -0.05) is 6.07 Å². The zero-order valence-electron chi connectivity index (χ0n) is 24.3. The fraction of sp³-hybridized carbons (Fsp3) is 0.552. The molecule has 2 bridgehead atoms. The summed E-state index contributed by atoms with van der Waals surface area (Å²) in [5, 5.41) is 42.4. The molecule has 1 amide bonds. The number of nitrogens with one attached hydrogen (secondary N) is 1. The molecule has 5 rings (SSSR count). The van der Waals surface area contributed by atoms with E-state index in [0.717, 1.165) is 18.1 Å². The number of carboxylic acids is 2. The first-order valence-corrected chi connectivity index (χ1v) is 14.1. The summed E-state index contributed by atoms with van der Waals surface area (Å²) in [6.07, 6.45) is -3.44. The maximum Gasteiger partial charge on any atom is 0.336 e. The molecule has 2 aliphatic carbocycles. The van der Waals surface area contributed by atoms with E-state index < -0.39 is 78.0 Å². The quantitative estimate of drug-likeness (QED) is 0.193. The third-order valence-electron chi connectivity index (χ3n) is 9.08. The molecular formula is C29H34N2O13. The second-order valence-electron chi connectivity index (χ2n) is 11.6. The summed E-state index contributed by atoms with van der Waals surface area (Å²) < 4.78 is 22.4. The number of carbonyl (C=O) groups excluding carboxylic acids is 3. The Morgan fingerprint density at radius 3 is 2.57 bits per heavy atom. The van der Waals surface area contributed by atoms with Gasteiger partial charge in [0.25, 0.3) is 5.91 Å². The van der Waals surface area contributed by atoms with Gasteiger partial charge in [0.05, 0.1) is 31.0 Å². The third-order valence-corrected chi connectivity index (χ3v) is 9.08. The number of benzene rings is 1. The maximum atomic E-state index is 12.9. The second-order valence-corrected chi connectivity index (χ2v) is 11.6. The Kier molecular flexibility index (Phi) is 8.07. The van der Waals surface area contributed by atoms with Crippen molar-refractivity contribution in [2.45, 2.75) is 80.4 Å². The van der Waals surface area contributed by atoms with Crippen molar-refractivity contribution >= 4 is 29.8 Å². The van der Waals surface area contributed by atoms with E-state index in [4.69, 9.17) is 29.2 Å². The molecule has 2 heterocycles. The van der Waals surface area contributed by atoms with Crippen molar-refractivity contribution in [3.63, 3.8) is 0 Å². The molecule has 2 aliphatic heterocycles. The van der Waals surface area contributed by atoms with Crippen LogP contribution < -0.4 is 14.8 Å². The number of carboxylic acid groups (broad SMARTS) is 2. The lowest BCUT2D eigenvalue weighted by atomic mass is 9.50. The molecular weight excluding hydrogens is 584 g/mol. The molecule has 1 saturated heterocycles. The predicted octanol–water partition coefficient (Wildman–Crippen LogP) is -0.757. The highest BCUT2D eigenvalue weighted by molar-refractivity contribution is 5.90. The Balaban J connectivity index is 1.27. The van der Waals surface area contributed by atoms with Gasteiger partial charge in [-0.2, -0.15) is 0 Å². The van der Waals surface area contributed by atoms with E-state index in [1.807, 2.05) is 18.4 Å². The molecule has 238 valence electrons. The van der Waals surface area contributed by atoms with Crippen LogP contribution in [0.3, 0.4) is 0 Å². The third kappa shape index (κ3) is 4.94. The van der Waals surface area contributed by atoms with E-state index in [2.05, 4.69) is 4.90 Å². The van der Waals surface area contributed by atoms with Crippen LogP contribution in [0.4, 0.5) is 0 Å². The van der Waals surface area contributed by atoms with Crippen LogP contribution in [0, 0.1) is 0 Å². The SMILES string of the molecule is COc1ccc2c3c1O[C@H]1C(OC(=O)CC(O)C(=O)OC(C)C(=O)NC(CC(=O)O)C(=O)O)=CC[C@@]4(O)[C@@H](C2)N(C)CC[C@]314. The molecule has 1 fully saturated rings. The van der Waals surface area contributed by atoms with Crippen molar-refractivity contribution in [1.29, 1.82) is 0 Å². The zero-order chi connectivity index (χ0) is 32.1. The first-order chi connectivity index (χ1) is 20.7. The van der Waals surface area contributed by atoms with Crippen molar-refractivity contribution in [1.82, 2.24) is 10.2 Å². The van der Waals surface area contributed by atoms with Crippen molar-refractivity contribution in [3.05, 3.63) is 35.1 Å². The summed E-state index contributed by atoms with van der Waals surface area (Å²) >= 11 is 0. The van der Waals surface area contributed by atoms with Gasteiger partial charge in [0.1, 0.15) is 11.8 Å². The van der Waals surface area contributed by atoms with E-state index in [1.165, 1.54) is 7.11 Å². The van der Waals surface area contributed by atoms with Crippen LogP contribution in [-0.4, -0.2) is 112 Å². The van der Waals surface area contributed by atoms with Crippen molar-refractivity contribution in [2.24, 2.45) is 0 Å². The highest BCUT2D eigenvalue weighted by Crippen LogP contribution is 2.65. The van der Waals surface area contributed by atoms with E-state index in [0.29, 0.717) is 30.9 Å². The molecule has 3 unspecified atom stereocenters. The summed E-state index contributed by atoms with van der Waals surface area (Å²) in [5.74, 6) is -5.47. The van der Waals surface area contributed by atoms with Crippen LogP contribution >= 0.6 is 0 Å². The summed E-state index contributed by atoms with van der Waals surface area (Å²) in [5.41, 5.74) is -0.318. The summed E-state index contributed by atoms with van der Waals surface area (Å²) in [6.45, 7) is 1.74. The van der Waals surface area contributed by atoms with Crippen molar-refractivity contribution in [2.75, 3.05) is 20.7 Å². The molecule has 4 aliphatic rings. The molecule has 5 N–H and O–H groups in total. The Labute approximate surface area is 251 Å². The summed E-state index contributed by atoms with van der Waals surface area (Å²) in [4.78, 5) is 61.7. The molecule has 1 spiro atoms. The van der Waals surface area contributed by atoms with Gasteiger partial charge < -0.3 is 49.6 Å². The largest absolute Gasteiger partial charge is 0.493 e. The maximum absolute atomic E-state index is 12.9. The Hall–Kier alpha value is -4.21. The Morgan fingerprint density at radius 2 is 1.91 bits per heavy atom. The zero-order valence-corrected chi connectivity index (χ0v) is 24.3. The molecule has 15 nitrogen and oxygen atoms in total. The number of aliphatic hydroxyl groups is 2. The molecule has 0 saturated carbocycles. The number of hydrogen-bond acceptors (Lipinski definition) is 12. The molecule has 1 aromatic carbocycles. The van der Waals surface area contributed by atoms with Crippen molar-refractivity contribution in [3.8, 4) is 11.5 Å². The van der Waals surface area contributed by atoms with Crippen molar-refractivity contribution < 1.29 is 63.3 Å². The minimum Gasteiger partial charge on any atom is -0.493 e. The smallest absolute Gasteiger partial charge is 0.336 e. The average molecular weight is 619 g/mol. The van der Waals surface area contributed by atoms with Gasteiger partial charge in [0, 0.05) is 18.0 Å². The van der Waals surface area contributed by atoms with Gasteiger partial charge in [-0.05, 0) is 51.1 Å². The van der Waals surface area contributed by atoms with Gasteiger partial charge in [-0.3, -0.25) is 14.4 Å². The number of methoxy groups -OCH3 is 1. The first-order valence-electron chi connectivity index (χ1n) is 14.1. The molecule has 44 heavy (non-hydrogen) atoms. The Morgan fingerprint density at radius 1 is 1.18 bits per heavy atom. The van der Waals surface area contributed by atoms with Crippen LogP contribution in [0.5, 0.6) is 11.5 Å². The number of piperidine rings is 1. The number of nitrogens with zero attached hydrogens (tertiary/aromatic N) is 1. The number of likely N-dealkylation sites (tertiary alicyclic amines) is 1. The molecule has 7 atom stereocenters. The minimum atomic E-state index is -2.04. The minimum absolute atomic E-state index is 0.125. The fourth-order valence-electron chi connectivity index (χ4n) is 6.97.